The molecule has 1 amide bonds. The molecule has 0 radical (unpaired) electrons. The molecule has 3 N–H and O–H groups in total. The normalized spacial score (nSPS) is 17.8. The van der Waals surface area contributed by atoms with E-state index in [-0.39, 0.29) is 43.0 Å². The largest absolute Gasteiger partial charge is 0.454 e. The Bertz CT molecular complexity index is 825. The zero-order valence-corrected chi connectivity index (χ0v) is 17.1. The van der Waals surface area contributed by atoms with Gasteiger partial charge < -0.3 is 25.3 Å². The van der Waals surface area contributed by atoms with Gasteiger partial charge in [-0.15, -0.1) is 12.4 Å². The lowest BCUT2D eigenvalue weighted by molar-refractivity contribution is -0.122. The van der Waals surface area contributed by atoms with Gasteiger partial charge in [-0.1, -0.05) is 36.4 Å². The zero-order valence-electron chi connectivity index (χ0n) is 16.3. The van der Waals surface area contributed by atoms with Crippen molar-refractivity contribution in [2.24, 2.45) is 5.73 Å². The fourth-order valence-corrected chi connectivity index (χ4v) is 3.91. The molecule has 0 saturated carbocycles. The van der Waals surface area contributed by atoms with E-state index in [1.807, 2.05) is 42.5 Å². The Balaban J connectivity index is 0.00000240. The fourth-order valence-electron chi connectivity index (χ4n) is 3.91. The van der Waals surface area contributed by atoms with Crippen LogP contribution in [-0.4, -0.2) is 32.5 Å². The van der Waals surface area contributed by atoms with Crippen LogP contribution in [-0.2, 0) is 14.9 Å². The number of hydrogen-bond acceptors (Lipinski definition) is 5. The molecule has 0 aliphatic carbocycles. The molecule has 2 aromatic rings. The first kappa shape index (κ1) is 21.4. The Morgan fingerprint density at radius 2 is 1.79 bits per heavy atom. The predicted molar refractivity (Wildman–Crippen MR) is 113 cm³/mol. The van der Waals surface area contributed by atoms with Crippen LogP contribution in [0.4, 0.5) is 0 Å². The average Bonchev–Trinajstić information content (AvgIpc) is 3.21. The van der Waals surface area contributed by atoms with E-state index < -0.39 is 0 Å². The fraction of sp³-hybridized carbons (Fsp3) is 0.409. The van der Waals surface area contributed by atoms with Gasteiger partial charge >= 0.3 is 0 Å². The Kier molecular flexibility index (Phi) is 7.00. The first-order valence-electron chi connectivity index (χ1n) is 9.71. The van der Waals surface area contributed by atoms with Crippen LogP contribution < -0.4 is 20.5 Å². The molecule has 156 valence electrons. The van der Waals surface area contributed by atoms with Gasteiger partial charge in [0.25, 0.3) is 0 Å². The molecule has 2 aliphatic heterocycles. The summed E-state index contributed by atoms with van der Waals surface area (Å²) in [6, 6.07) is 15.5. The zero-order chi connectivity index (χ0) is 19.4. The van der Waals surface area contributed by atoms with Crippen molar-refractivity contribution in [1.29, 1.82) is 0 Å². The van der Waals surface area contributed by atoms with Crippen molar-refractivity contribution in [2.45, 2.75) is 30.7 Å². The minimum atomic E-state index is -0.308. The number of ether oxygens (including phenoxy) is 3. The highest BCUT2D eigenvalue weighted by Gasteiger charge is 2.36. The molecule has 2 heterocycles. The van der Waals surface area contributed by atoms with Crippen molar-refractivity contribution in [1.82, 2.24) is 5.32 Å². The number of rotatable bonds is 6. The van der Waals surface area contributed by atoms with Crippen LogP contribution in [0.3, 0.4) is 0 Å². The highest BCUT2D eigenvalue weighted by atomic mass is 35.5. The van der Waals surface area contributed by atoms with Gasteiger partial charge in [-0.25, -0.2) is 0 Å². The molecule has 4 rings (SSSR count). The molecule has 0 spiro atoms. The van der Waals surface area contributed by atoms with Crippen molar-refractivity contribution in [3.63, 3.8) is 0 Å². The predicted octanol–water partition coefficient (Wildman–Crippen LogP) is 3.09. The lowest BCUT2D eigenvalue weighted by Gasteiger charge is -2.38. The van der Waals surface area contributed by atoms with E-state index in [0.29, 0.717) is 19.8 Å². The number of carbonyl (C=O) groups is 1. The number of amides is 1. The van der Waals surface area contributed by atoms with E-state index in [4.69, 9.17) is 19.9 Å². The minimum absolute atomic E-state index is 0. The lowest BCUT2D eigenvalue weighted by Crippen LogP contribution is -2.45. The van der Waals surface area contributed by atoms with Crippen LogP contribution in [0.5, 0.6) is 11.5 Å². The van der Waals surface area contributed by atoms with E-state index in [9.17, 15) is 4.79 Å². The summed E-state index contributed by atoms with van der Waals surface area (Å²) in [6.07, 6.45) is 1.95. The molecular weight excluding hydrogens is 392 g/mol. The third-order valence-electron chi connectivity index (χ3n) is 5.69. The van der Waals surface area contributed by atoms with Crippen molar-refractivity contribution in [3.8, 4) is 11.5 Å². The Morgan fingerprint density at radius 3 is 2.55 bits per heavy atom. The molecule has 7 heteroatoms. The summed E-state index contributed by atoms with van der Waals surface area (Å²) in [7, 11) is 0. The van der Waals surface area contributed by atoms with E-state index >= 15 is 0 Å². The number of benzene rings is 2. The topological polar surface area (TPSA) is 82.8 Å². The third-order valence-corrected chi connectivity index (χ3v) is 5.69. The van der Waals surface area contributed by atoms with Gasteiger partial charge in [-0.3, -0.25) is 4.79 Å². The summed E-state index contributed by atoms with van der Waals surface area (Å²) in [5.41, 5.74) is 8.14. The SMILES string of the molecule is Cl.NC(CC(=O)NCC1(c2ccc3c(c2)OCO3)CCOCC1)c1ccccc1. The van der Waals surface area contributed by atoms with Crippen LogP contribution >= 0.6 is 12.4 Å². The molecular formula is C22H27ClN2O4. The van der Waals surface area contributed by atoms with Crippen molar-refractivity contribution in [3.05, 3.63) is 59.7 Å². The van der Waals surface area contributed by atoms with E-state index in [0.717, 1.165) is 35.5 Å². The van der Waals surface area contributed by atoms with Crippen molar-refractivity contribution < 1.29 is 19.0 Å². The van der Waals surface area contributed by atoms with E-state index in [1.54, 1.807) is 0 Å². The molecule has 6 nitrogen and oxygen atoms in total. The number of hydrogen-bond donors (Lipinski definition) is 2. The quantitative estimate of drug-likeness (QED) is 0.753. The number of nitrogens with two attached hydrogens (primary N) is 1. The van der Waals surface area contributed by atoms with Crippen LogP contribution in [0.15, 0.2) is 48.5 Å². The molecule has 1 fully saturated rings. The highest BCUT2D eigenvalue weighted by Crippen LogP contribution is 2.40. The average molecular weight is 419 g/mol. The Labute approximate surface area is 177 Å². The van der Waals surface area contributed by atoms with Gasteiger partial charge in [0, 0.05) is 37.6 Å². The molecule has 29 heavy (non-hydrogen) atoms. The summed E-state index contributed by atoms with van der Waals surface area (Å²) in [5, 5.41) is 3.11. The summed E-state index contributed by atoms with van der Waals surface area (Å²) < 4.78 is 16.6. The second-order valence-electron chi connectivity index (χ2n) is 7.46. The molecule has 2 aliphatic rings. The van der Waals surface area contributed by atoms with Crippen LogP contribution in [0.25, 0.3) is 0 Å². The van der Waals surface area contributed by atoms with Crippen molar-refractivity contribution >= 4 is 18.3 Å². The second kappa shape index (κ2) is 9.48. The minimum Gasteiger partial charge on any atom is -0.454 e. The molecule has 0 aromatic heterocycles. The van der Waals surface area contributed by atoms with Gasteiger partial charge in [0.2, 0.25) is 12.7 Å². The first-order chi connectivity index (χ1) is 13.7. The molecule has 2 aromatic carbocycles. The van der Waals surface area contributed by atoms with Gasteiger partial charge in [0.05, 0.1) is 0 Å². The molecule has 1 saturated heterocycles. The lowest BCUT2D eigenvalue weighted by atomic mass is 9.74. The number of halogens is 1. The maximum Gasteiger partial charge on any atom is 0.231 e. The van der Waals surface area contributed by atoms with Crippen LogP contribution in [0.1, 0.15) is 36.4 Å². The monoisotopic (exact) mass is 418 g/mol. The molecule has 1 atom stereocenters. The summed E-state index contributed by atoms with van der Waals surface area (Å²) in [4.78, 5) is 12.6. The standard InChI is InChI=1S/C22H26N2O4.ClH/c23-18(16-4-2-1-3-5-16)13-21(25)24-14-22(8-10-26-11-9-22)17-6-7-19-20(12-17)28-15-27-19;/h1-7,12,18H,8-11,13-15,23H2,(H,24,25);1H. The van der Waals surface area contributed by atoms with Crippen molar-refractivity contribution in [2.75, 3.05) is 26.6 Å². The second-order valence-corrected chi connectivity index (χ2v) is 7.46. The van der Waals surface area contributed by atoms with E-state index in [1.165, 1.54) is 0 Å². The number of fused-ring (bicyclic) bond motifs is 1. The first-order valence-corrected chi connectivity index (χ1v) is 9.71. The van der Waals surface area contributed by atoms with Crippen LogP contribution in [0, 0.1) is 0 Å². The molecule has 0 bridgehead atoms. The number of nitrogens with one attached hydrogen (secondary N) is 1. The number of carbonyl (C=O) groups excluding carboxylic acids is 1. The third kappa shape index (κ3) is 4.83. The van der Waals surface area contributed by atoms with Gasteiger partial charge in [0.15, 0.2) is 11.5 Å². The summed E-state index contributed by atoms with van der Waals surface area (Å²) in [5.74, 6) is 1.49. The van der Waals surface area contributed by atoms with Crippen LogP contribution in [0.2, 0.25) is 0 Å². The summed E-state index contributed by atoms with van der Waals surface area (Å²) in [6.45, 7) is 2.15. The maximum absolute atomic E-state index is 12.6. The van der Waals surface area contributed by atoms with E-state index in [2.05, 4.69) is 11.4 Å². The Hall–Kier alpha value is -2.28. The van der Waals surface area contributed by atoms with Gasteiger partial charge in [-0.05, 0) is 36.1 Å². The maximum atomic E-state index is 12.6. The molecule has 1 unspecified atom stereocenters. The Morgan fingerprint density at radius 1 is 1.07 bits per heavy atom. The van der Waals surface area contributed by atoms with Gasteiger partial charge in [0.1, 0.15) is 0 Å². The summed E-state index contributed by atoms with van der Waals surface area (Å²) >= 11 is 0. The van der Waals surface area contributed by atoms with Gasteiger partial charge in [-0.2, -0.15) is 0 Å². The smallest absolute Gasteiger partial charge is 0.231 e. The highest BCUT2D eigenvalue weighted by molar-refractivity contribution is 5.85.